The Kier molecular flexibility index (Phi) is 4.15. The van der Waals surface area contributed by atoms with Crippen LogP contribution in [0, 0.1) is 0 Å². The first kappa shape index (κ1) is 10.9. The van der Waals surface area contributed by atoms with Crippen LogP contribution in [0.3, 0.4) is 0 Å². The summed E-state index contributed by atoms with van der Waals surface area (Å²) >= 11 is 0. The van der Waals surface area contributed by atoms with E-state index in [-0.39, 0.29) is 0 Å². The molecule has 0 bridgehead atoms. The SMILES string of the molecule is CCCCCS(=O)(=O)N1CCNC1. The Bertz CT molecular complexity index is 233. The summed E-state index contributed by atoms with van der Waals surface area (Å²) in [6, 6.07) is 0. The highest BCUT2D eigenvalue weighted by molar-refractivity contribution is 7.89. The van der Waals surface area contributed by atoms with Crippen LogP contribution in [0.25, 0.3) is 0 Å². The van der Waals surface area contributed by atoms with Gasteiger partial charge < -0.3 is 5.32 Å². The van der Waals surface area contributed by atoms with Crippen molar-refractivity contribution in [1.29, 1.82) is 0 Å². The van der Waals surface area contributed by atoms with Gasteiger partial charge in [0.05, 0.1) is 12.4 Å². The average Bonchev–Trinajstić information content (AvgIpc) is 2.56. The summed E-state index contributed by atoms with van der Waals surface area (Å²) in [6.07, 6.45) is 2.85. The molecule has 78 valence electrons. The Morgan fingerprint density at radius 3 is 2.69 bits per heavy atom. The fourth-order valence-electron chi connectivity index (χ4n) is 1.39. The van der Waals surface area contributed by atoms with Crippen LogP contribution in [-0.2, 0) is 10.0 Å². The molecule has 0 amide bonds. The topological polar surface area (TPSA) is 49.4 Å². The van der Waals surface area contributed by atoms with Gasteiger partial charge in [-0.05, 0) is 6.42 Å². The van der Waals surface area contributed by atoms with Gasteiger partial charge in [0.15, 0.2) is 0 Å². The molecule has 0 atom stereocenters. The third-order valence-electron chi connectivity index (χ3n) is 2.23. The molecule has 0 spiro atoms. The first-order chi connectivity index (χ1) is 6.17. The van der Waals surface area contributed by atoms with E-state index in [1.54, 1.807) is 0 Å². The molecule has 1 aliphatic heterocycles. The number of sulfonamides is 1. The maximum Gasteiger partial charge on any atom is 0.215 e. The van der Waals surface area contributed by atoms with Gasteiger partial charge in [-0.1, -0.05) is 19.8 Å². The minimum atomic E-state index is -2.96. The molecule has 0 aliphatic carbocycles. The average molecular weight is 206 g/mol. The number of hydrogen-bond acceptors (Lipinski definition) is 3. The van der Waals surface area contributed by atoms with Gasteiger partial charge >= 0.3 is 0 Å². The lowest BCUT2D eigenvalue weighted by Crippen LogP contribution is -2.31. The van der Waals surface area contributed by atoms with Crippen LogP contribution in [-0.4, -0.2) is 38.2 Å². The third kappa shape index (κ3) is 3.25. The number of nitrogens with one attached hydrogen (secondary N) is 1. The van der Waals surface area contributed by atoms with E-state index in [1.807, 2.05) is 0 Å². The normalized spacial score (nSPS) is 19.5. The van der Waals surface area contributed by atoms with Crippen LogP contribution >= 0.6 is 0 Å². The zero-order valence-electron chi connectivity index (χ0n) is 8.12. The minimum absolute atomic E-state index is 0.308. The fraction of sp³-hybridized carbons (Fsp3) is 1.00. The quantitative estimate of drug-likeness (QED) is 0.661. The number of unbranched alkanes of at least 4 members (excludes halogenated alkanes) is 2. The second-order valence-electron chi connectivity index (χ2n) is 3.36. The molecule has 1 rings (SSSR count). The summed E-state index contributed by atoms with van der Waals surface area (Å²) in [5, 5.41) is 3.02. The molecule has 1 saturated heterocycles. The third-order valence-corrected chi connectivity index (χ3v) is 4.13. The highest BCUT2D eigenvalue weighted by Gasteiger charge is 2.23. The Balaban J connectivity index is 2.36. The summed E-state index contributed by atoms with van der Waals surface area (Å²) in [6.45, 7) is 3.99. The number of rotatable bonds is 5. The molecule has 1 aliphatic rings. The molecule has 0 radical (unpaired) electrons. The zero-order valence-corrected chi connectivity index (χ0v) is 8.94. The molecule has 1 heterocycles. The fourth-order valence-corrected chi connectivity index (χ4v) is 2.87. The summed E-state index contributed by atoms with van der Waals surface area (Å²) < 4.78 is 24.7. The van der Waals surface area contributed by atoms with Crippen molar-refractivity contribution in [1.82, 2.24) is 9.62 Å². The molecular formula is C8H18N2O2S. The second kappa shape index (κ2) is 4.93. The zero-order chi connectivity index (χ0) is 9.73. The van der Waals surface area contributed by atoms with Crippen molar-refractivity contribution in [2.45, 2.75) is 26.2 Å². The summed E-state index contributed by atoms with van der Waals surface area (Å²) in [7, 11) is -2.96. The maximum absolute atomic E-state index is 11.6. The molecule has 1 fully saturated rings. The monoisotopic (exact) mass is 206 g/mol. The summed E-state index contributed by atoms with van der Waals surface area (Å²) in [5.41, 5.74) is 0. The molecule has 0 aromatic carbocycles. The maximum atomic E-state index is 11.6. The first-order valence-corrected chi connectivity index (χ1v) is 6.46. The van der Waals surface area contributed by atoms with Gasteiger partial charge in [-0.25, -0.2) is 8.42 Å². The van der Waals surface area contributed by atoms with E-state index >= 15 is 0 Å². The van der Waals surface area contributed by atoms with Crippen LogP contribution in [0.1, 0.15) is 26.2 Å². The van der Waals surface area contributed by atoms with Crippen LogP contribution in [0.15, 0.2) is 0 Å². The van der Waals surface area contributed by atoms with Crippen LogP contribution in [0.4, 0.5) is 0 Å². The van der Waals surface area contributed by atoms with E-state index in [0.717, 1.165) is 25.8 Å². The predicted molar refractivity (Wildman–Crippen MR) is 52.9 cm³/mol. The molecule has 0 aromatic rings. The summed E-state index contributed by atoms with van der Waals surface area (Å²) in [4.78, 5) is 0. The van der Waals surface area contributed by atoms with Crippen molar-refractivity contribution in [3.05, 3.63) is 0 Å². The van der Waals surface area contributed by atoms with Crippen molar-refractivity contribution in [2.24, 2.45) is 0 Å². The van der Waals surface area contributed by atoms with E-state index in [2.05, 4.69) is 12.2 Å². The van der Waals surface area contributed by atoms with Crippen LogP contribution in [0.2, 0.25) is 0 Å². The molecular weight excluding hydrogens is 188 g/mol. The largest absolute Gasteiger partial charge is 0.302 e. The van der Waals surface area contributed by atoms with E-state index < -0.39 is 10.0 Å². The lowest BCUT2D eigenvalue weighted by Gasteiger charge is -2.13. The van der Waals surface area contributed by atoms with Crippen LogP contribution < -0.4 is 5.32 Å². The second-order valence-corrected chi connectivity index (χ2v) is 5.45. The lowest BCUT2D eigenvalue weighted by molar-refractivity contribution is 0.471. The first-order valence-electron chi connectivity index (χ1n) is 4.85. The Hall–Kier alpha value is -0.130. The standard InChI is InChI=1S/C8H18N2O2S/c1-2-3-4-7-13(11,12)10-6-5-9-8-10/h9H,2-8H2,1H3. The highest BCUT2D eigenvalue weighted by Crippen LogP contribution is 2.07. The smallest absolute Gasteiger partial charge is 0.215 e. The molecule has 4 nitrogen and oxygen atoms in total. The van der Waals surface area contributed by atoms with Crippen molar-refractivity contribution in [3.63, 3.8) is 0 Å². The van der Waals surface area contributed by atoms with Crippen molar-refractivity contribution in [3.8, 4) is 0 Å². The Morgan fingerprint density at radius 1 is 1.38 bits per heavy atom. The van der Waals surface area contributed by atoms with Gasteiger partial charge in [0.2, 0.25) is 10.0 Å². The Morgan fingerprint density at radius 2 is 2.15 bits per heavy atom. The van der Waals surface area contributed by atoms with E-state index in [4.69, 9.17) is 0 Å². The van der Waals surface area contributed by atoms with Gasteiger partial charge in [0, 0.05) is 13.1 Å². The number of hydrogen-bond donors (Lipinski definition) is 1. The van der Waals surface area contributed by atoms with Gasteiger partial charge in [-0.3, -0.25) is 0 Å². The molecule has 5 heteroatoms. The highest BCUT2D eigenvalue weighted by atomic mass is 32.2. The molecule has 1 N–H and O–H groups in total. The molecule has 0 aromatic heterocycles. The van der Waals surface area contributed by atoms with Crippen molar-refractivity contribution >= 4 is 10.0 Å². The van der Waals surface area contributed by atoms with Crippen molar-refractivity contribution in [2.75, 3.05) is 25.5 Å². The van der Waals surface area contributed by atoms with E-state index in [1.165, 1.54) is 4.31 Å². The van der Waals surface area contributed by atoms with Gasteiger partial charge in [0.25, 0.3) is 0 Å². The molecule has 0 saturated carbocycles. The van der Waals surface area contributed by atoms with Crippen LogP contribution in [0.5, 0.6) is 0 Å². The van der Waals surface area contributed by atoms with E-state index in [0.29, 0.717) is 19.0 Å². The Labute approximate surface area is 80.4 Å². The van der Waals surface area contributed by atoms with Gasteiger partial charge in [0.1, 0.15) is 0 Å². The minimum Gasteiger partial charge on any atom is -0.302 e. The van der Waals surface area contributed by atoms with Crippen molar-refractivity contribution < 1.29 is 8.42 Å². The molecule has 0 unspecified atom stereocenters. The predicted octanol–water partition coefficient (Wildman–Crippen LogP) is 0.369. The lowest BCUT2D eigenvalue weighted by atomic mass is 10.3. The van der Waals surface area contributed by atoms with Gasteiger partial charge in [-0.2, -0.15) is 4.31 Å². The molecule has 13 heavy (non-hydrogen) atoms. The summed E-state index contributed by atoms with van der Waals surface area (Å²) in [5.74, 6) is 0.308. The van der Waals surface area contributed by atoms with Gasteiger partial charge in [-0.15, -0.1) is 0 Å². The van der Waals surface area contributed by atoms with E-state index in [9.17, 15) is 8.42 Å². The number of nitrogens with zero attached hydrogens (tertiary/aromatic N) is 1.